The lowest BCUT2D eigenvalue weighted by Gasteiger charge is -2.25. The fourth-order valence-electron chi connectivity index (χ4n) is 3.54. The van der Waals surface area contributed by atoms with Crippen molar-refractivity contribution in [2.45, 2.75) is 39.0 Å². The van der Waals surface area contributed by atoms with Crippen LogP contribution in [-0.4, -0.2) is 41.5 Å². The van der Waals surface area contributed by atoms with E-state index >= 15 is 0 Å². The second-order valence-electron chi connectivity index (χ2n) is 8.25. The fourth-order valence-corrected chi connectivity index (χ4v) is 4.56. The third-order valence-electron chi connectivity index (χ3n) is 5.84. The SMILES string of the molecule is CCC(C)(C)c1cc(-c2ccc(Cc3sc(N4CCOCC4)nc3O)o2)ccc1O. The number of hydrogen-bond donors (Lipinski definition) is 2. The summed E-state index contributed by atoms with van der Waals surface area (Å²) in [5.41, 5.74) is 1.72. The Bertz CT molecular complexity index is 1020. The summed E-state index contributed by atoms with van der Waals surface area (Å²) in [4.78, 5) is 7.25. The highest BCUT2D eigenvalue weighted by Crippen LogP contribution is 2.38. The fraction of sp³-hybridized carbons (Fsp3) is 0.435. The van der Waals surface area contributed by atoms with E-state index in [-0.39, 0.29) is 11.3 Å². The van der Waals surface area contributed by atoms with Gasteiger partial charge in [-0.25, -0.2) is 0 Å². The van der Waals surface area contributed by atoms with Gasteiger partial charge in [0, 0.05) is 30.6 Å². The number of aromatic nitrogens is 1. The lowest BCUT2D eigenvalue weighted by molar-refractivity contribution is 0.122. The number of morpholine rings is 1. The van der Waals surface area contributed by atoms with Gasteiger partial charge in [-0.05, 0) is 42.2 Å². The van der Waals surface area contributed by atoms with Crippen molar-refractivity contribution in [3.63, 3.8) is 0 Å². The maximum absolute atomic E-state index is 10.3. The molecular weight excluding hydrogens is 400 g/mol. The molecule has 1 aliphatic rings. The van der Waals surface area contributed by atoms with Gasteiger partial charge in [0.05, 0.1) is 18.1 Å². The molecule has 160 valence electrons. The zero-order valence-electron chi connectivity index (χ0n) is 17.6. The van der Waals surface area contributed by atoms with Crippen molar-refractivity contribution in [1.82, 2.24) is 4.98 Å². The molecule has 0 saturated carbocycles. The molecule has 6 nitrogen and oxygen atoms in total. The van der Waals surface area contributed by atoms with Gasteiger partial charge in [-0.15, -0.1) is 0 Å². The summed E-state index contributed by atoms with van der Waals surface area (Å²) >= 11 is 1.49. The summed E-state index contributed by atoms with van der Waals surface area (Å²) < 4.78 is 11.5. The first-order chi connectivity index (χ1) is 14.4. The Hall–Kier alpha value is -2.51. The van der Waals surface area contributed by atoms with Crippen LogP contribution in [0.15, 0.2) is 34.7 Å². The largest absolute Gasteiger partial charge is 0.508 e. The summed E-state index contributed by atoms with van der Waals surface area (Å²) in [6.45, 7) is 9.30. The molecule has 0 unspecified atom stereocenters. The summed E-state index contributed by atoms with van der Waals surface area (Å²) in [5, 5.41) is 21.4. The van der Waals surface area contributed by atoms with E-state index in [1.54, 1.807) is 6.07 Å². The van der Waals surface area contributed by atoms with Crippen molar-refractivity contribution in [2.24, 2.45) is 0 Å². The van der Waals surface area contributed by atoms with Crippen LogP contribution in [-0.2, 0) is 16.6 Å². The van der Waals surface area contributed by atoms with Crippen molar-refractivity contribution in [3.8, 4) is 23.0 Å². The van der Waals surface area contributed by atoms with E-state index in [1.165, 1.54) is 11.3 Å². The Labute approximate surface area is 180 Å². The highest BCUT2D eigenvalue weighted by Gasteiger charge is 2.23. The molecule has 4 rings (SSSR count). The van der Waals surface area contributed by atoms with Crippen LogP contribution in [0.5, 0.6) is 11.6 Å². The molecule has 1 aliphatic heterocycles. The Morgan fingerprint density at radius 3 is 2.63 bits per heavy atom. The quantitative estimate of drug-likeness (QED) is 0.580. The average molecular weight is 429 g/mol. The molecule has 0 aliphatic carbocycles. The van der Waals surface area contributed by atoms with Gasteiger partial charge in [-0.2, -0.15) is 4.98 Å². The first-order valence-electron chi connectivity index (χ1n) is 10.3. The van der Waals surface area contributed by atoms with Gasteiger partial charge in [-0.1, -0.05) is 32.1 Å². The zero-order valence-corrected chi connectivity index (χ0v) is 18.5. The Kier molecular flexibility index (Phi) is 5.75. The van der Waals surface area contributed by atoms with E-state index in [1.807, 2.05) is 24.3 Å². The summed E-state index contributed by atoms with van der Waals surface area (Å²) in [5.74, 6) is 1.89. The number of nitrogens with zero attached hydrogens (tertiary/aromatic N) is 2. The van der Waals surface area contributed by atoms with Gasteiger partial charge in [0.15, 0.2) is 5.13 Å². The first-order valence-corrected chi connectivity index (χ1v) is 11.1. The maximum Gasteiger partial charge on any atom is 0.227 e. The summed E-state index contributed by atoms with van der Waals surface area (Å²) in [6, 6.07) is 9.47. The Balaban J connectivity index is 1.54. The van der Waals surface area contributed by atoms with Crippen molar-refractivity contribution in [2.75, 3.05) is 31.2 Å². The lowest BCUT2D eigenvalue weighted by atomic mass is 9.81. The molecule has 0 spiro atoms. The van der Waals surface area contributed by atoms with Crippen LogP contribution in [0.4, 0.5) is 5.13 Å². The van der Waals surface area contributed by atoms with Crippen LogP contribution < -0.4 is 4.90 Å². The van der Waals surface area contributed by atoms with E-state index in [9.17, 15) is 10.2 Å². The van der Waals surface area contributed by atoms with E-state index in [2.05, 4.69) is 30.7 Å². The van der Waals surface area contributed by atoms with Crippen molar-refractivity contribution in [3.05, 3.63) is 46.5 Å². The molecule has 2 N–H and O–H groups in total. The minimum absolute atomic E-state index is 0.0658. The number of hydrogen-bond acceptors (Lipinski definition) is 7. The molecule has 1 aromatic carbocycles. The number of phenolic OH excluding ortho intramolecular Hbond substituents is 1. The molecule has 0 radical (unpaired) electrons. The number of rotatable bonds is 6. The molecule has 0 atom stereocenters. The highest BCUT2D eigenvalue weighted by atomic mass is 32.1. The molecule has 0 amide bonds. The van der Waals surface area contributed by atoms with Crippen LogP contribution in [0.2, 0.25) is 0 Å². The van der Waals surface area contributed by atoms with Gasteiger partial charge >= 0.3 is 0 Å². The first kappa shape index (κ1) is 20.8. The van der Waals surface area contributed by atoms with Gasteiger partial charge < -0.3 is 24.3 Å². The Morgan fingerprint density at radius 2 is 1.90 bits per heavy atom. The Morgan fingerprint density at radius 1 is 1.13 bits per heavy atom. The van der Waals surface area contributed by atoms with E-state index < -0.39 is 0 Å². The van der Waals surface area contributed by atoms with Gasteiger partial charge in [0.1, 0.15) is 17.3 Å². The number of aromatic hydroxyl groups is 2. The van der Waals surface area contributed by atoms with Gasteiger partial charge in [-0.3, -0.25) is 0 Å². The van der Waals surface area contributed by atoms with Crippen molar-refractivity contribution >= 4 is 16.5 Å². The third-order valence-corrected chi connectivity index (χ3v) is 6.94. The van der Waals surface area contributed by atoms with Crippen molar-refractivity contribution < 1.29 is 19.4 Å². The van der Waals surface area contributed by atoms with Gasteiger partial charge in [0.2, 0.25) is 5.88 Å². The summed E-state index contributed by atoms with van der Waals surface area (Å²) in [7, 11) is 0. The minimum Gasteiger partial charge on any atom is -0.508 e. The van der Waals surface area contributed by atoms with Crippen LogP contribution in [0.1, 0.15) is 43.4 Å². The number of benzene rings is 1. The smallest absolute Gasteiger partial charge is 0.227 e. The predicted molar refractivity (Wildman–Crippen MR) is 119 cm³/mol. The molecule has 0 bridgehead atoms. The molecular formula is C23H28N2O4S. The minimum atomic E-state index is -0.125. The van der Waals surface area contributed by atoms with E-state index in [0.29, 0.717) is 25.4 Å². The number of ether oxygens (including phenoxy) is 1. The number of anilines is 1. The van der Waals surface area contributed by atoms with E-state index in [4.69, 9.17) is 9.15 Å². The second kappa shape index (κ2) is 8.32. The molecule has 2 aromatic heterocycles. The topological polar surface area (TPSA) is 79.0 Å². The highest BCUT2D eigenvalue weighted by molar-refractivity contribution is 7.15. The molecule has 1 fully saturated rings. The monoisotopic (exact) mass is 428 g/mol. The second-order valence-corrected chi connectivity index (χ2v) is 9.32. The molecule has 3 heterocycles. The van der Waals surface area contributed by atoms with Crippen LogP contribution in [0, 0.1) is 0 Å². The van der Waals surface area contributed by atoms with E-state index in [0.717, 1.165) is 52.2 Å². The number of furan rings is 1. The standard InChI is InChI=1S/C23H28N2O4S/c1-4-23(2,3)17-13-15(5-7-18(17)26)19-8-6-16(29-19)14-20-21(27)24-22(30-20)25-9-11-28-12-10-25/h5-8,13,26-27H,4,9-12,14H2,1-3H3. The molecule has 7 heteroatoms. The van der Waals surface area contributed by atoms with Crippen LogP contribution in [0.25, 0.3) is 11.3 Å². The normalized spacial score (nSPS) is 15.0. The van der Waals surface area contributed by atoms with Crippen LogP contribution in [0.3, 0.4) is 0 Å². The number of phenols is 1. The number of thiazole rings is 1. The molecule has 1 saturated heterocycles. The van der Waals surface area contributed by atoms with Gasteiger partial charge in [0.25, 0.3) is 0 Å². The average Bonchev–Trinajstić information content (AvgIpc) is 3.36. The van der Waals surface area contributed by atoms with Crippen molar-refractivity contribution in [1.29, 1.82) is 0 Å². The summed E-state index contributed by atoms with van der Waals surface area (Å²) in [6.07, 6.45) is 1.41. The third kappa shape index (κ3) is 4.18. The maximum atomic E-state index is 10.3. The zero-order chi connectivity index (χ0) is 21.3. The predicted octanol–water partition coefficient (Wildman–Crippen LogP) is 4.93. The lowest BCUT2D eigenvalue weighted by Crippen LogP contribution is -2.36. The van der Waals surface area contributed by atoms with Crippen LogP contribution >= 0.6 is 11.3 Å². The molecule has 3 aromatic rings. The molecule has 30 heavy (non-hydrogen) atoms.